The summed E-state index contributed by atoms with van der Waals surface area (Å²) in [7, 11) is 1.47. The highest BCUT2D eigenvalue weighted by Crippen LogP contribution is 2.25. The third-order valence-electron chi connectivity index (χ3n) is 10.6. The zero-order chi connectivity index (χ0) is 49.2. The number of nitrogens with two attached hydrogens (primary N) is 4. The number of likely N-dealkylation sites (tertiary alicyclic amines) is 1. The van der Waals surface area contributed by atoms with Crippen LogP contribution in [0.1, 0.15) is 78.7 Å². The van der Waals surface area contributed by atoms with Gasteiger partial charge in [0.1, 0.15) is 47.6 Å². The van der Waals surface area contributed by atoms with Gasteiger partial charge in [0.2, 0.25) is 47.3 Å². The van der Waals surface area contributed by atoms with E-state index in [1.165, 1.54) is 25.0 Å². The van der Waals surface area contributed by atoms with E-state index < -0.39 is 95.7 Å². The van der Waals surface area contributed by atoms with Crippen molar-refractivity contribution in [1.82, 2.24) is 36.8 Å². The van der Waals surface area contributed by atoms with Crippen molar-refractivity contribution in [2.75, 3.05) is 33.3 Å². The highest BCUT2D eigenvalue weighted by Gasteiger charge is 2.37. The van der Waals surface area contributed by atoms with Crippen molar-refractivity contribution in [2.24, 2.45) is 39.8 Å². The summed E-state index contributed by atoms with van der Waals surface area (Å²) < 4.78 is 10.5. The minimum absolute atomic E-state index is 0.0722. The van der Waals surface area contributed by atoms with Gasteiger partial charge in [0.15, 0.2) is 5.96 Å². The Bertz CT molecular complexity index is 2160. The third-order valence-corrected chi connectivity index (χ3v) is 10.6. The second-order valence-electron chi connectivity index (χ2n) is 17.0. The molecule has 1 aromatic heterocycles. The molecule has 364 valence electrons. The van der Waals surface area contributed by atoms with Gasteiger partial charge in [-0.15, -0.1) is 0 Å². The van der Waals surface area contributed by atoms with E-state index in [9.17, 15) is 43.2 Å². The number of ether oxygens (including phenoxy) is 1. The maximum absolute atomic E-state index is 13.7. The SMILES string of the molecule is COc1ccc2c(CC(=O)N3CCC[C@H]3C(=O)N[C@@H](CC(C)C)C(=O)NCC(=O)N[C@@H](CC(C)C)C(=O)N[C@@H](CN)C(=O)N[C@@H](C)C(=O)N[C@@H](CCCN=C(N)N)C(N)=O)cc(=O)oc2c1. The molecule has 0 aliphatic carbocycles. The second-order valence-corrected chi connectivity index (χ2v) is 17.0. The standard InChI is InChI=1S/C43H66N12O11/c1-22(2)15-29(53-42(64)32-10-8-14-55(32)35(57)17-25-18-36(58)66-33-19-26(65-6)11-12-27(25)33)39(61)49-21-34(56)51-30(16-23(3)4)40(62)54-31(20-44)41(63)50-24(5)38(60)52-28(37(45)59)9-7-13-48-43(46)47/h11-12,18-19,22-24,28-32H,7-10,13-17,20-21,44H2,1-6H3,(H2,45,59)(H,49,61)(H,50,63)(H,51,56)(H,52,60)(H,53,64)(H,54,62)(H4,46,47,48)/t24-,28-,29-,30-,31-,32-/m0/s1. The quantitative estimate of drug-likeness (QED) is 0.0213. The van der Waals surface area contributed by atoms with Crippen LogP contribution in [0.4, 0.5) is 0 Å². The van der Waals surface area contributed by atoms with E-state index in [-0.39, 0.29) is 68.7 Å². The zero-order valence-electron chi connectivity index (χ0n) is 38.4. The smallest absolute Gasteiger partial charge is 0.336 e. The summed E-state index contributed by atoms with van der Waals surface area (Å²) in [5.74, 6) is -5.34. The number of carbonyl (C=O) groups is 8. The lowest BCUT2D eigenvalue weighted by atomic mass is 10.0. The number of methoxy groups -OCH3 is 1. The molecule has 0 radical (unpaired) electrons. The molecule has 14 N–H and O–H groups in total. The first kappa shape index (κ1) is 53.6. The summed E-state index contributed by atoms with van der Waals surface area (Å²) >= 11 is 0. The lowest BCUT2D eigenvalue weighted by Crippen LogP contribution is -2.59. The van der Waals surface area contributed by atoms with Gasteiger partial charge >= 0.3 is 5.63 Å². The first-order valence-electron chi connectivity index (χ1n) is 21.9. The number of nitrogens with one attached hydrogen (secondary N) is 6. The van der Waals surface area contributed by atoms with Gasteiger partial charge in [-0.3, -0.25) is 43.3 Å². The van der Waals surface area contributed by atoms with Crippen molar-refractivity contribution < 1.29 is 47.5 Å². The van der Waals surface area contributed by atoms with Crippen molar-refractivity contribution >= 4 is 64.2 Å². The Balaban J connectivity index is 1.60. The Morgan fingerprint density at radius 3 is 2.06 bits per heavy atom. The molecule has 3 rings (SSSR count). The van der Waals surface area contributed by atoms with E-state index in [0.717, 1.165) is 0 Å². The van der Waals surface area contributed by atoms with Crippen molar-refractivity contribution in [2.45, 2.75) is 116 Å². The predicted octanol–water partition coefficient (Wildman–Crippen LogP) is -2.52. The van der Waals surface area contributed by atoms with Crippen LogP contribution in [0.3, 0.4) is 0 Å². The van der Waals surface area contributed by atoms with Crippen LogP contribution < -0.4 is 65.2 Å². The van der Waals surface area contributed by atoms with E-state index in [2.05, 4.69) is 36.9 Å². The topological polar surface area (TPSA) is 368 Å². The maximum atomic E-state index is 13.7. The average molecular weight is 927 g/mol. The molecule has 0 bridgehead atoms. The first-order valence-corrected chi connectivity index (χ1v) is 21.9. The molecule has 66 heavy (non-hydrogen) atoms. The largest absolute Gasteiger partial charge is 0.497 e. The fraction of sp³-hybridized carbons (Fsp3) is 0.581. The van der Waals surface area contributed by atoms with Crippen LogP contribution in [0, 0.1) is 11.8 Å². The molecule has 0 unspecified atom stereocenters. The van der Waals surface area contributed by atoms with Crippen LogP contribution in [0.2, 0.25) is 0 Å². The zero-order valence-corrected chi connectivity index (χ0v) is 38.4. The van der Waals surface area contributed by atoms with E-state index >= 15 is 0 Å². The molecule has 1 aliphatic rings. The number of guanidine groups is 1. The summed E-state index contributed by atoms with van der Waals surface area (Å²) in [5.41, 5.74) is 21.9. The minimum Gasteiger partial charge on any atom is -0.497 e. The highest BCUT2D eigenvalue weighted by atomic mass is 16.5. The molecule has 23 heteroatoms. The van der Waals surface area contributed by atoms with E-state index in [1.807, 2.05) is 13.8 Å². The van der Waals surface area contributed by atoms with Crippen molar-refractivity contribution in [1.29, 1.82) is 0 Å². The number of rotatable bonds is 25. The lowest BCUT2D eigenvalue weighted by Gasteiger charge is -2.27. The molecule has 0 saturated carbocycles. The predicted molar refractivity (Wildman–Crippen MR) is 243 cm³/mol. The van der Waals surface area contributed by atoms with Gasteiger partial charge in [-0.05, 0) is 75.0 Å². The molecule has 1 aromatic carbocycles. The van der Waals surface area contributed by atoms with Crippen molar-refractivity contribution in [3.63, 3.8) is 0 Å². The van der Waals surface area contributed by atoms with Gasteiger partial charge < -0.3 is 68.9 Å². The normalized spacial score (nSPS) is 15.7. The number of aliphatic imine (C=N–C) groups is 1. The summed E-state index contributed by atoms with van der Waals surface area (Å²) in [6, 6.07) is -0.585. The van der Waals surface area contributed by atoms with Gasteiger partial charge in [-0.2, -0.15) is 0 Å². The Kier molecular flexibility index (Phi) is 20.8. The number of fused-ring (bicyclic) bond motifs is 1. The van der Waals surface area contributed by atoms with Crippen molar-refractivity contribution in [3.05, 3.63) is 40.2 Å². The molecule has 0 spiro atoms. The summed E-state index contributed by atoms with van der Waals surface area (Å²) in [5, 5.41) is 15.8. The molecule has 6 atom stereocenters. The van der Waals surface area contributed by atoms with Gasteiger partial charge in [0, 0.05) is 37.2 Å². The Morgan fingerprint density at radius 1 is 0.818 bits per heavy atom. The number of primary amides is 1. The van der Waals surface area contributed by atoms with Gasteiger partial charge in [-0.1, -0.05) is 27.7 Å². The van der Waals surface area contributed by atoms with E-state index in [1.54, 1.807) is 32.0 Å². The fourth-order valence-electron chi connectivity index (χ4n) is 7.26. The molecule has 2 aromatic rings. The number of amides is 8. The Morgan fingerprint density at radius 2 is 1.45 bits per heavy atom. The molecule has 23 nitrogen and oxygen atoms in total. The molecular weight excluding hydrogens is 861 g/mol. The molecule has 1 aliphatic heterocycles. The van der Waals surface area contributed by atoms with Gasteiger partial charge in [0.05, 0.1) is 20.1 Å². The van der Waals surface area contributed by atoms with Crippen LogP contribution in [0.25, 0.3) is 11.0 Å². The minimum atomic E-state index is -1.33. The molecular formula is C43H66N12O11. The van der Waals surface area contributed by atoms with E-state index in [0.29, 0.717) is 36.0 Å². The number of hydrogen-bond donors (Lipinski definition) is 10. The fourth-order valence-corrected chi connectivity index (χ4v) is 7.26. The van der Waals surface area contributed by atoms with Crippen LogP contribution in [0.15, 0.2) is 38.5 Å². The number of benzene rings is 1. The summed E-state index contributed by atoms with van der Waals surface area (Å²) in [6.45, 7) is 8.19. The number of carbonyl (C=O) groups excluding carboxylic acids is 8. The first-order chi connectivity index (χ1) is 31.1. The Hall–Kier alpha value is -6.78. The third kappa shape index (κ3) is 16.7. The molecule has 1 saturated heterocycles. The Labute approximate surface area is 382 Å². The number of nitrogens with zero attached hydrogens (tertiary/aromatic N) is 2. The second kappa shape index (κ2) is 25.6. The molecule has 1 fully saturated rings. The highest BCUT2D eigenvalue weighted by molar-refractivity contribution is 5.97. The van der Waals surface area contributed by atoms with Crippen molar-refractivity contribution in [3.8, 4) is 5.75 Å². The van der Waals surface area contributed by atoms with Gasteiger partial charge in [0.25, 0.3) is 0 Å². The average Bonchev–Trinajstić information content (AvgIpc) is 3.75. The van der Waals surface area contributed by atoms with E-state index in [4.69, 9.17) is 32.1 Å². The monoisotopic (exact) mass is 926 g/mol. The summed E-state index contributed by atoms with van der Waals surface area (Å²) in [6.07, 6.45) is 1.47. The molecule has 8 amide bonds. The maximum Gasteiger partial charge on any atom is 0.336 e. The number of hydrogen-bond acceptors (Lipinski definition) is 13. The van der Waals surface area contributed by atoms with Gasteiger partial charge in [-0.25, -0.2) is 4.79 Å². The lowest BCUT2D eigenvalue weighted by molar-refractivity contribution is -0.139. The summed E-state index contributed by atoms with van der Waals surface area (Å²) in [4.78, 5) is 123. The molecule has 2 heterocycles. The van der Waals surface area contributed by atoms with Crippen LogP contribution in [0.5, 0.6) is 5.75 Å². The van der Waals surface area contributed by atoms with Crippen LogP contribution >= 0.6 is 0 Å². The van der Waals surface area contributed by atoms with Crippen LogP contribution in [-0.2, 0) is 44.8 Å². The van der Waals surface area contributed by atoms with Crippen LogP contribution in [-0.4, -0.2) is 128 Å².